The molecule has 7 nitrogen and oxygen atoms in total. The zero-order chi connectivity index (χ0) is 17.9. The van der Waals surface area contributed by atoms with Crippen LogP contribution >= 0.6 is 11.8 Å². The number of thioether (sulfide) groups is 1. The van der Waals surface area contributed by atoms with Crippen molar-refractivity contribution in [2.45, 2.75) is 43.5 Å². The summed E-state index contributed by atoms with van der Waals surface area (Å²) >= 11 is 1.43. The number of nitrogens with zero attached hydrogens (tertiary/aromatic N) is 3. The second-order valence-corrected chi connectivity index (χ2v) is 7.39. The second kappa shape index (κ2) is 7.57. The third-order valence-electron chi connectivity index (χ3n) is 4.43. The minimum absolute atomic E-state index is 0.0453. The van der Waals surface area contributed by atoms with Gasteiger partial charge in [0.1, 0.15) is 18.5 Å². The lowest BCUT2D eigenvalue weighted by Gasteiger charge is -2.26. The zero-order valence-corrected chi connectivity index (χ0v) is 15.5. The maximum atomic E-state index is 12.2. The number of hydrogen-bond acceptors (Lipinski definition) is 6. The molecular formula is C18H22N4O3S. The van der Waals surface area contributed by atoms with E-state index in [2.05, 4.69) is 27.0 Å². The number of benzene rings is 1. The van der Waals surface area contributed by atoms with Gasteiger partial charge in [0.25, 0.3) is 0 Å². The first-order valence-electron chi connectivity index (χ1n) is 8.95. The lowest BCUT2D eigenvalue weighted by atomic mass is 10.2. The van der Waals surface area contributed by atoms with Crippen molar-refractivity contribution in [2.75, 3.05) is 18.9 Å². The van der Waals surface area contributed by atoms with Crippen LogP contribution < -0.4 is 14.8 Å². The molecule has 1 aromatic carbocycles. The number of ether oxygens (including phenoxy) is 2. The van der Waals surface area contributed by atoms with E-state index in [0.717, 1.165) is 29.0 Å². The van der Waals surface area contributed by atoms with Crippen molar-refractivity contribution in [3.8, 4) is 11.5 Å². The number of carbonyl (C=O) groups excluding carboxylic acids is 1. The molecule has 1 amide bonds. The Hall–Kier alpha value is -2.22. The number of amides is 1. The molecule has 1 aliphatic heterocycles. The first-order valence-corrected chi connectivity index (χ1v) is 9.94. The molecule has 0 unspecified atom stereocenters. The number of hydrogen-bond donors (Lipinski definition) is 1. The molecule has 26 heavy (non-hydrogen) atoms. The average molecular weight is 374 g/mol. The second-order valence-electron chi connectivity index (χ2n) is 6.45. The molecule has 1 N–H and O–H groups in total. The standard InChI is InChI=1S/C18H22N4O3S/c1-2-22-17(12-7-8-12)20-21-18(22)26-11-16(23)19-9-13-10-24-14-5-3-4-6-15(14)25-13/h3-6,12-13H,2,7-11H2,1H3,(H,19,23)/t13-/m0/s1. The van der Waals surface area contributed by atoms with Gasteiger partial charge in [0.15, 0.2) is 16.7 Å². The third kappa shape index (κ3) is 3.80. The van der Waals surface area contributed by atoms with Gasteiger partial charge in [-0.2, -0.15) is 0 Å². The maximum absolute atomic E-state index is 12.2. The van der Waals surface area contributed by atoms with Gasteiger partial charge in [0.2, 0.25) is 5.91 Å². The molecule has 1 saturated carbocycles. The van der Waals surface area contributed by atoms with E-state index in [1.54, 1.807) is 0 Å². The minimum Gasteiger partial charge on any atom is -0.486 e. The number of para-hydroxylation sites is 2. The lowest BCUT2D eigenvalue weighted by Crippen LogP contribution is -2.41. The SMILES string of the molecule is CCn1c(SCC(=O)NC[C@H]2COc3ccccc3O2)nnc1C1CC1. The predicted octanol–water partition coefficient (Wildman–Crippen LogP) is 2.22. The summed E-state index contributed by atoms with van der Waals surface area (Å²) in [6.45, 7) is 3.76. The molecule has 1 atom stereocenters. The quantitative estimate of drug-likeness (QED) is 0.749. The summed E-state index contributed by atoms with van der Waals surface area (Å²) < 4.78 is 13.6. The maximum Gasteiger partial charge on any atom is 0.230 e. The number of fused-ring (bicyclic) bond motifs is 1. The van der Waals surface area contributed by atoms with E-state index in [1.165, 1.54) is 24.6 Å². The van der Waals surface area contributed by atoms with Crippen molar-refractivity contribution in [1.29, 1.82) is 0 Å². The van der Waals surface area contributed by atoms with Crippen LogP contribution in [0.2, 0.25) is 0 Å². The number of carbonyl (C=O) groups is 1. The van der Waals surface area contributed by atoms with Crippen LogP contribution in [0.15, 0.2) is 29.4 Å². The summed E-state index contributed by atoms with van der Waals surface area (Å²) in [6.07, 6.45) is 2.20. The fourth-order valence-electron chi connectivity index (χ4n) is 2.92. The first kappa shape index (κ1) is 17.2. The van der Waals surface area contributed by atoms with Crippen molar-refractivity contribution in [2.24, 2.45) is 0 Å². The fraction of sp³-hybridized carbons (Fsp3) is 0.500. The molecule has 0 bridgehead atoms. The molecule has 0 radical (unpaired) electrons. The number of nitrogens with one attached hydrogen (secondary N) is 1. The van der Waals surface area contributed by atoms with E-state index in [9.17, 15) is 4.79 Å². The number of aromatic nitrogens is 3. The molecular weight excluding hydrogens is 352 g/mol. The van der Waals surface area contributed by atoms with Crippen molar-refractivity contribution in [1.82, 2.24) is 20.1 Å². The highest BCUT2D eigenvalue weighted by molar-refractivity contribution is 7.99. The molecule has 2 aliphatic rings. The van der Waals surface area contributed by atoms with E-state index in [-0.39, 0.29) is 12.0 Å². The van der Waals surface area contributed by atoms with Crippen LogP contribution in [0.3, 0.4) is 0 Å². The Kier molecular flexibility index (Phi) is 5.01. The van der Waals surface area contributed by atoms with Gasteiger partial charge < -0.3 is 19.4 Å². The van der Waals surface area contributed by atoms with E-state index < -0.39 is 0 Å². The first-order chi connectivity index (χ1) is 12.7. The van der Waals surface area contributed by atoms with Crippen LogP contribution in [0.5, 0.6) is 11.5 Å². The van der Waals surface area contributed by atoms with E-state index in [4.69, 9.17) is 9.47 Å². The Bertz CT molecular complexity index is 790. The van der Waals surface area contributed by atoms with Crippen molar-refractivity contribution >= 4 is 17.7 Å². The van der Waals surface area contributed by atoms with Crippen molar-refractivity contribution in [3.63, 3.8) is 0 Å². The Balaban J connectivity index is 1.25. The molecule has 1 aliphatic carbocycles. The summed E-state index contributed by atoms with van der Waals surface area (Å²) in [5.41, 5.74) is 0. The van der Waals surface area contributed by atoms with Crippen LogP contribution in [-0.4, -0.2) is 45.7 Å². The van der Waals surface area contributed by atoms with Gasteiger partial charge in [0, 0.05) is 12.5 Å². The average Bonchev–Trinajstić information content (AvgIpc) is 3.44. The van der Waals surface area contributed by atoms with Crippen LogP contribution in [0, 0.1) is 0 Å². The largest absolute Gasteiger partial charge is 0.486 e. The van der Waals surface area contributed by atoms with Gasteiger partial charge in [-0.15, -0.1) is 10.2 Å². The van der Waals surface area contributed by atoms with E-state index in [0.29, 0.717) is 24.8 Å². The van der Waals surface area contributed by atoms with Crippen LogP contribution in [0.1, 0.15) is 31.5 Å². The molecule has 8 heteroatoms. The van der Waals surface area contributed by atoms with Crippen molar-refractivity contribution in [3.05, 3.63) is 30.1 Å². The smallest absolute Gasteiger partial charge is 0.230 e. The summed E-state index contributed by atoms with van der Waals surface area (Å²) in [7, 11) is 0. The van der Waals surface area contributed by atoms with Crippen LogP contribution in [0.25, 0.3) is 0 Å². The highest BCUT2D eigenvalue weighted by atomic mass is 32.2. The van der Waals surface area contributed by atoms with Crippen LogP contribution in [-0.2, 0) is 11.3 Å². The predicted molar refractivity (Wildman–Crippen MR) is 97.8 cm³/mol. The molecule has 4 rings (SSSR count). The minimum atomic E-state index is -0.181. The summed E-state index contributed by atoms with van der Waals surface area (Å²) in [5.74, 6) is 3.34. The normalized spacial score (nSPS) is 18.6. The summed E-state index contributed by atoms with van der Waals surface area (Å²) in [4.78, 5) is 12.2. The van der Waals surface area contributed by atoms with E-state index >= 15 is 0 Å². The third-order valence-corrected chi connectivity index (χ3v) is 5.40. The molecule has 2 aromatic rings. The summed E-state index contributed by atoms with van der Waals surface area (Å²) in [5, 5.41) is 12.3. The monoisotopic (exact) mass is 374 g/mol. The molecule has 0 saturated heterocycles. The fourth-order valence-corrected chi connectivity index (χ4v) is 3.76. The van der Waals surface area contributed by atoms with Gasteiger partial charge in [-0.1, -0.05) is 23.9 Å². The van der Waals surface area contributed by atoms with Gasteiger partial charge in [-0.25, -0.2) is 0 Å². The molecule has 1 aromatic heterocycles. The van der Waals surface area contributed by atoms with Crippen molar-refractivity contribution < 1.29 is 14.3 Å². The van der Waals surface area contributed by atoms with Crippen LogP contribution in [0.4, 0.5) is 0 Å². The topological polar surface area (TPSA) is 78.3 Å². The molecule has 1 fully saturated rings. The molecule has 0 spiro atoms. The van der Waals surface area contributed by atoms with Gasteiger partial charge in [-0.3, -0.25) is 4.79 Å². The van der Waals surface area contributed by atoms with Gasteiger partial charge in [0.05, 0.1) is 12.3 Å². The highest BCUT2D eigenvalue weighted by Gasteiger charge is 2.30. The molecule has 2 heterocycles. The molecule has 138 valence electrons. The zero-order valence-electron chi connectivity index (χ0n) is 14.7. The Morgan fingerprint density at radius 1 is 1.31 bits per heavy atom. The Morgan fingerprint density at radius 3 is 2.88 bits per heavy atom. The van der Waals surface area contributed by atoms with Gasteiger partial charge >= 0.3 is 0 Å². The highest BCUT2D eigenvalue weighted by Crippen LogP contribution is 2.40. The Morgan fingerprint density at radius 2 is 2.12 bits per heavy atom. The Labute approximate surface area is 156 Å². The van der Waals surface area contributed by atoms with Gasteiger partial charge in [-0.05, 0) is 31.9 Å². The van der Waals surface area contributed by atoms with E-state index in [1.807, 2.05) is 24.3 Å². The lowest BCUT2D eigenvalue weighted by molar-refractivity contribution is -0.119. The number of rotatable bonds is 7. The summed E-state index contributed by atoms with van der Waals surface area (Å²) in [6, 6.07) is 7.56.